The van der Waals surface area contributed by atoms with Gasteiger partial charge in [0.25, 0.3) is 0 Å². The second-order valence-corrected chi connectivity index (χ2v) is 7.86. The predicted octanol–water partition coefficient (Wildman–Crippen LogP) is 2.41. The van der Waals surface area contributed by atoms with E-state index in [1.54, 1.807) is 0 Å². The van der Waals surface area contributed by atoms with E-state index in [1.165, 1.54) is 12.8 Å². The first-order chi connectivity index (χ1) is 9.76. The first-order valence-corrected chi connectivity index (χ1v) is 8.43. The molecule has 0 saturated carbocycles. The Hall–Kier alpha value is -0.610. The molecular weight excluding hydrogens is 264 g/mol. The van der Waals surface area contributed by atoms with Crippen LogP contribution in [-0.4, -0.2) is 48.2 Å². The van der Waals surface area contributed by atoms with Crippen LogP contribution in [0.5, 0.6) is 0 Å². The molecule has 0 aromatic rings. The second kappa shape index (κ2) is 8.74. The monoisotopic (exact) mass is 298 g/mol. The number of likely N-dealkylation sites (tertiary alicyclic amines) is 1. The van der Waals surface area contributed by atoms with Gasteiger partial charge in [-0.15, -0.1) is 0 Å². The Bertz CT molecular complexity index is 304. The largest absolute Gasteiger partial charge is 0.390 e. The molecule has 0 aromatic heterocycles. The van der Waals surface area contributed by atoms with E-state index in [1.807, 2.05) is 0 Å². The summed E-state index contributed by atoms with van der Waals surface area (Å²) in [7, 11) is 0. The van der Waals surface area contributed by atoms with Crippen LogP contribution >= 0.6 is 0 Å². The Morgan fingerprint density at radius 1 is 1.33 bits per heavy atom. The number of hydrogen-bond acceptors (Lipinski definition) is 3. The molecule has 4 nitrogen and oxygen atoms in total. The minimum atomic E-state index is -0.454. The van der Waals surface area contributed by atoms with Crippen LogP contribution in [0.25, 0.3) is 0 Å². The smallest absolute Gasteiger partial charge is 0.220 e. The molecule has 1 rings (SSSR count). The van der Waals surface area contributed by atoms with Gasteiger partial charge >= 0.3 is 0 Å². The molecule has 1 amide bonds. The molecule has 0 aliphatic carbocycles. The van der Waals surface area contributed by atoms with Gasteiger partial charge in [-0.1, -0.05) is 27.7 Å². The van der Waals surface area contributed by atoms with E-state index in [2.05, 4.69) is 37.9 Å². The fourth-order valence-corrected chi connectivity index (χ4v) is 2.71. The fourth-order valence-electron chi connectivity index (χ4n) is 2.71. The van der Waals surface area contributed by atoms with Crippen molar-refractivity contribution in [2.45, 2.75) is 65.9 Å². The molecule has 0 radical (unpaired) electrons. The van der Waals surface area contributed by atoms with Gasteiger partial charge in [-0.25, -0.2) is 0 Å². The van der Waals surface area contributed by atoms with Gasteiger partial charge in [-0.2, -0.15) is 0 Å². The third kappa shape index (κ3) is 9.10. The lowest BCUT2D eigenvalue weighted by Gasteiger charge is -2.31. The van der Waals surface area contributed by atoms with Gasteiger partial charge in [0.05, 0.1) is 6.10 Å². The molecule has 0 aromatic carbocycles. The number of carbonyl (C=O) groups excluding carboxylic acids is 1. The van der Waals surface area contributed by atoms with Gasteiger partial charge in [-0.3, -0.25) is 4.79 Å². The Balaban J connectivity index is 2.09. The third-order valence-corrected chi connectivity index (χ3v) is 4.21. The molecule has 1 fully saturated rings. The van der Waals surface area contributed by atoms with E-state index < -0.39 is 6.10 Å². The number of piperidine rings is 1. The summed E-state index contributed by atoms with van der Waals surface area (Å²) < 4.78 is 0. The predicted molar refractivity (Wildman–Crippen MR) is 87.2 cm³/mol. The van der Waals surface area contributed by atoms with Crippen LogP contribution in [-0.2, 0) is 4.79 Å². The number of carbonyl (C=O) groups is 1. The molecule has 2 N–H and O–H groups in total. The van der Waals surface area contributed by atoms with Gasteiger partial charge in [-0.05, 0) is 50.1 Å². The van der Waals surface area contributed by atoms with E-state index in [0.717, 1.165) is 31.8 Å². The topological polar surface area (TPSA) is 52.6 Å². The number of rotatable bonds is 7. The van der Waals surface area contributed by atoms with Gasteiger partial charge in [0.15, 0.2) is 0 Å². The molecule has 1 aliphatic rings. The minimum Gasteiger partial charge on any atom is -0.390 e. The van der Waals surface area contributed by atoms with E-state index in [-0.39, 0.29) is 11.3 Å². The first kappa shape index (κ1) is 18.4. The average molecular weight is 298 g/mol. The summed E-state index contributed by atoms with van der Waals surface area (Å²) in [6, 6.07) is 0. The molecule has 1 aliphatic heterocycles. The number of aliphatic hydroxyl groups excluding tert-OH is 1. The molecule has 21 heavy (non-hydrogen) atoms. The van der Waals surface area contributed by atoms with Crippen LogP contribution in [0.1, 0.15) is 59.8 Å². The summed E-state index contributed by atoms with van der Waals surface area (Å²) >= 11 is 0. The van der Waals surface area contributed by atoms with Crippen molar-refractivity contribution in [3.63, 3.8) is 0 Å². The molecule has 1 heterocycles. The van der Waals surface area contributed by atoms with Gasteiger partial charge < -0.3 is 15.3 Å². The zero-order valence-corrected chi connectivity index (χ0v) is 14.3. The fraction of sp³-hybridized carbons (Fsp3) is 0.941. The average Bonchev–Trinajstić information content (AvgIpc) is 2.38. The molecular formula is C17H34N2O2. The van der Waals surface area contributed by atoms with Crippen molar-refractivity contribution in [1.29, 1.82) is 0 Å². The summed E-state index contributed by atoms with van der Waals surface area (Å²) in [6.45, 7) is 12.0. The lowest BCUT2D eigenvalue weighted by molar-refractivity contribution is -0.121. The summed E-state index contributed by atoms with van der Waals surface area (Å²) in [5.74, 6) is 0.867. The van der Waals surface area contributed by atoms with Gasteiger partial charge in [0.1, 0.15) is 0 Å². The quantitative estimate of drug-likeness (QED) is 0.759. The summed E-state index contributed by atoms with van der Waals surface area (Å²) in [5, 5.41) is 12.9. The van der Waals surface area contributed by atoms with Gasteiger partial charge in [0, 0.05) is 19.5 Å². The SMILES string of the molecule is CC1CCN(CC(O)CNC(=O)CCCC(C)(C)C)CC1. The second-order valence-electron chi connectivity index (χ2n) is 7.86. The van der Waals surface area contributed by atoms with E-state index in [9.17, 15) is 9.90 Å². The molecule has 1 saturated heterocycles. The Morgan fingerprint density at radius 2 is 1.95 bits per heavy atom. The Morgan fingerprint density at radius 3 is 2.52 bits per heavy atom. The van der Waals surface area contributed by atoms with Crippen molar-refractivity contribution in [1.82, 2.24) is 10.2 Å². The van der Waals surface area contributed by atoms with Crippen molar-refractivity contribution in [3.8, 4) is 0 Å². The van der Waals surface area contributed by atoms with Gasteiger partial charge in [0.2, 0.25) is 5.91 Å². The van der Waals surface area contributed by atoms with Crippen molar-refractivity contribution < 1.29 is 9.90 Å². The number of nitrogens with zero attached hydrogens (tertiary/aromatic N) is 1. The number of β-amino-alcohol motifs (C(OH)–C–C–N with tert-alkyl or cyclic N) is 1. The highest BCUT2D eigenvalue weighted by atomic mass is 16.3. The maximum Gasteiger partial charge on any atom is 0.220 e. The van der Waals surface area contributed by atoms with Crippen molar-refractivity contribution >= 4 is 5.91 Å². The zero-order valence-electron chi connectivity index (χ0n) is 14.3. The van der Waals surface area contributed by atoms with Crippen molar-refractivity contribution in [2.75, 3.05) is 26.2 Å². The van der Waals surface area contributed by atoms with Crippen LogP contribution < -0.4 is 5.32 Å². The first-order valence-electron chi connectivity index (χ1n) is 8.43. The number of hydrogen-bond donors (Lipinski definition) is 2. The van der Waals surface area contributed by atoms with E-state index in [0.29, 0.717) is 19.5 Å². The third-order valence-electron chi connectivity index (χ3n) is 4.21. The summed E-state index contributed by atoms with van der Waals surface area (Å²) in [5.41, 5.74) is 0.283. The molecule has 1 unspecified atom stereocenters. The number of amides is 1. The van der Waals surface area contributed by atoms with Crippen LogP contribution in [0.3, 0.4) is 0 Å². The van der Waals surface area contributed by atoms with E-state index in [4.69, 9.17) is 0 Å². The molecule has 1 atom stereocenters. The van der Waals surface area contributed by atoms with Crippen LogP contribution in [0.4, 0.5) is 0 Å². The highest BCUT2D eigenvalue weighted by Crippen LogP contribution is 2.21. The molecule has 4 heteroatoms. The highest BCUT2D eigenvalue weighted by molar-refractivity contribution is 5.75. The molecule has 0 bridgehead atoms. The Kier molecular flexibility index (Phi) is 7.67. The normalized spacial score (nSPS) is 19.5. The number of aliphatic hydroxyl groups is 1. The molecule has 0 spiro atoms. The maximum absolute atomic E-state index is 11.7. The summed E-state index contributed by atoms with van der Waals surface area (Å²) in [4.78, 5) is 14.0. The lowest BCUT2D eigenvalue weighted by atomic mass is 9.90. The van der Waals surface area contributed by atoms with Crippen LogP contribution in [0.2, 0.25) is 0 Å². The van der Waals surface area contributed by atoms with Crippen molar-refractivity contribution in [2.24, 2.45) is 11.3 Å². The zero-order chi connectivity index (χ0) is 15.9. The van der Waals surface area contributed by atoms with Crippen LogP contribution in [0.15, 0.2) is 0 Å². The maximum atomic E-state index is 11.7. The van der Waals surface area contributed by atoms with Crippen molar-refractivity contribution in [3.05, 3.63) is 0 Å². The number of nitrogens with one attached hydrogen (secondary N) is 1. The lowest BCUT2D eigenvalue weighted by Crippen LogP contribution is -2.43. The molecule has 124 valence electrons. The van der Waals surface area contributed by atoms with E-state index >= 15 is 0 Å². The highest BCUT2D eigenvalue weighted by Gasteiger charge is 2.18. The Labute approximate surface area is 130 Å². The summed E-state index contributed by atoms with van der Waals surface area (Å²) in [6.07, 6.45) is 4.50. The van der Waals surface area contributed by atoms with Crippen LogP contribution in [0, 0.1) is 11.3 Å². The standard InChI is InChI=1S/C17H34N2O2/c1-14-7-10-19(11-8-14)13-15(20)12-18-16(21)6-5-9-17(2,3)4/h14-15,20H,5-13H2,1-4H3,(H,18,21). The minimum absolute atomic E-state index is 0.0607.